The lowest BCUT2D eigenvalue weighted by Crippen LogP contribution is -1.98. The van der Waals surface area contributed by atoms with Gasteiger partial charge >= 0.3 is 0 Å². The molecule has 2 nitrogen and oxygen atoms in total. The van der Waals surface area contributed by atoms with E-state index in [2.05, 4.69) is 62.6 Å². The molecule has 0 spiro atoms. The molecule has 3 rings (SSSR count). The van der Waals surface area contributed by atoms with Crippen molar-refractivity contribution in [2.75, 3.05) is 0 Å². The third-order valence-corrected chi connectivity index (χ3v) is 4.49. The standard InChI is InChI=1S/C17H18N2S/c1-11-10-16(17-13(3)20-14(4)18-17)12(2)19(11)15-8-6-5-7-9-15/h5-10H,1-4H3. The first-order valence-corrected chi connectivity index (χ1v) is 7.58. The van der Waals surface area contributed by atoms with Crippen LogP contribution in [0.5, 0.6) is 0 Å². The predicted octanol–water partition coefficient (Wildman–Crippen LogP) is 4.83. The highest BCUT2D eigenvalue weighted by Gasteiger charge is 2.16. The largest absolute Gasteiger partial charge is 0.318 e. The van der Waals surface area contributed by atoms with Gasteiger partial charge in [0.1, 0.15) is 0 Å². The molecule has 0 saturated heterocycles. The van der Waals surface area contributed by atoms with Crippen molar-refractivity contribution in [3.63, 3.8) is 0 Å². The Morgan fingerprint density at radius 1 is 1.00 bits per heavy atom. The van der Waals surface area contributed by atoms with Crippen molar-refractivity contribution >= 4 is 11.3 Å². The van der Waals surface area contributed by atoms with Gasteiger partial charge in [-0.05, 0) is 45.9 Å². The van der Waals surface area contributed by atoms with E-state index >= 15 is 0 Å². The van der Waals surface area contributed by atoms with Gasteiger partial charge in [0.05, 0.1) is 10.7 Å². The Kier molecular flexibility index (Phi) is 3.22. The van der Waals surface area contributed by atoms with Crippen molar-refractivity contribution in [1.29, 1.82) is 0 Å². The van der Waals surface area contributed by atoms with Crippen LogP contribution >= 0.6 is 11.3 Å². The van der Waals surface area contributed by atoms with E-state index in [0.29, 0.717) is 0 Å². The average molecular weight is 282 g/mol. The van der Waals surface area contributed by atoms with Gasteiger partial charge in [-0.15, -0.1) is 11.3 Å². The number of aryl methyl sites for hydroxylation is 3. The Bertz CT molecular complexity index is 751. The lowest BCUT2D eigenvalue weighted by atomic mass is 10.1. The number of aromatic nitrogens is 2. The molecule has 0 aliphatic rings. The van der Waals surface area contributed by atoms with Crippen LogP contribution < -0.4 is 0 Å². The number of nitrogens with zero attached hydrogens (tertiary/aromatic N) is 2. The second-order valence-corrected chi connectivity index (χ2v) is 6.50. The van der Waals surface area contributed by atoms with E-state index in [0.717, 1.165) is 10.7 Å². The molecule has 20 heavy (non-hydrogen) atoms. The van der Waals surface area contributed by atoms with E-state index in [1.165, 1.54) is 27.5 Å². The summed E-state index contributed by atoms with van der Waals surface area (Å²) < 4.78 is 2.30. The number of hydrogen-bond acceptors (Lipinski definition) is 2. The van der Waals surface area contributed by atoms with Crippen LogP contribution in [0.25, 0.3) is 16.9 Å². The minimum absolute atomic E-state index is 1.13. The molecular formula is C17H18N2S. The summed E-state index contributed by atoms with van der Waals surface area (Å²) in [6.07, 6.45) is 0. The van der Waals surface area contributed by atoms with E-state index in [-0.39, 0.29) is 0 Å². The van der Waals surface area contributed by atoms with Gasteiger partial charge < -0.3 is 4.57 Å². The molecule has 0 amide bonds. The second kappa shape index (κ2) is 4.91. The van der Waals surface area contributed by atoms with Crippen molar-refractivity contribution in [1.82, 2.24) is 9.55 Å². The number of thiazole rings is 1. The van der Waals surface area contributed by atoms with E-state index in [1.54, 1.807) is 11.3 Å². The van der Waals surface area contributed by atoms with Crippen molar-refractivity contribution in [2.45, 2.75) is 27.7 Å². The minimum Gasteiger partial charge on any atom is -0.318 e. The van der Waals surface area contributed by atoms with Gasteiger partial charge in [-0.1, -0.05) is 18.2 Å². The van der Waals surface area contributed by atoms with Crippen LogP contribution in [0.1, 0.15) is 21.3 Å². The summed E-state index contributed by atoms with van der Waals surface area (Å²) in [5.74, 6) is 0. The Balaban J connectivity index is 2.19. The number of hydrogen-bond donors (Lipinski definition) is 0. The maximum Gasteiger partial charge on any atom is 0.0904 e. The summed E-state index contributed by atoms with van der Waals surface area (Å²) in [4.78, 5) is 5.98. The zero-order valence-electron chi connectivity index (χ0n) is 12.3. The van der Waals surface area contributed by atoms with Gasteiger partial charge in [-0.3, -0.25) is 0 Å². The van der Waals surface area contributed by atoms with Crippen LogP contribution in [0, 0.1) is 27.7 Å². The first-order valence-electron chi connectivity index (χ1n) is 6.76. The lowest BCUT2D eigenvalue weighted by Gasteiger charge is -2.09. The molecule has 0 N–H and O–H groups in total. The van der Waals surface area contributed by atoms with Crippen molar-refractivity contribution in [3.05, 3.63) is 57.7 Å². The molecule has 0 unspecified atom stereocenters. The quantitative estimate of drug-likeness (QED) is 0.658. The maximum absolute atomic E-state index is 4.69. The van der Waals surface area contributed by atoms with Gasteiger partial charge in [0.15, 0.2) is 0 Å². The van der Waals surface area contributed by atoms with Crippen LogP contribution in [0.3, 0.4) is 0 Å². The molecule has 0 saturated carbocycles. The SMILES string of the molecule is Cc1nc(-c2cc(C)n(-c3ccccc3)c2C)c(C)s1. The highest BCUT2D eigenvalue weighted by atomic mass is 32.1. The molecule has 102 valence electrons. The first-order chi connectivity index (χ1) is 9.58. The van der Waals surface area contributed by atoms with Crippen LogP contribution in [0.4, 0.5) is 0 Å². The van der Waals surface area contributed by atoms with E-state index < -0.39 is 0 Å². The maximum atomic E-state index is 4.69. The topological polar surface area (TPSA) is 17.8 Å². The van der Waals surface area contributed by atoms with Crippen LogP contribution in [0.15, 0.2) is 36.4 Å². The van der Waals surface area contributed by atoms with E-state index in [4.69, 9.17) is 4.98 Å². The van der Waals surface area contributed by atoms with Gasteiger partial charge in [-0.2, -0.15) is 0 Å². The first kappa shape index (κ1) is 13.1. The normalized spacial score (nSPS) is 11.0. The number of para-hydroxylation sites is 1. The van der Waals surface area contributed by atoms with Gasteiger partial charge in [0.2, 0.25) is 0 Å². The second-order valence-electron chi connectivity index (χ2n) is 5.09. The zero-order chi connectivity index (χ0) is 14.3. The van der Waals surface area contributed by atoms with Gasteiger partial charge in [-0.25, -0.2) is 4.98 Å². The van der Waals surface area contributed by atoms with E-state index in [1.807, 2.05) is 6.07 Å². The van der Waals surface area contributed by atoms with Gasteiger partial charge in [0, 0.05) is 27.5 Å². The lowest BCUT2D eigenvalue weighted by molar-refractivity contribution is 0.966. The Hall–Kier alpha value is -1.87. The molecule has 0 aliphatic heterocycles. The van der Waals surface area contributed by atoms with Crippen LogP contribution in [0.2, 0.25) is 0 Å². The van der Waals surface area contributed by atoms with Crippen LogP contribution in [-0.4, -0.2) is 9.55 Å². The smallest absolute Gasteiger partial charge is 0.0904 e. The minimum atomic E-state index is 1.13. The highest BCUT2D eigenvalue weighted by molar-refractivity contribution is 7.11. The highest BCUT2D eigenvalue weighted by Crippen LogP contribution is 2.33. The van der Waals surface area contributed by atoms with Crippen LogP contribution in [-0.2, 0) is 0 Å². The summed E-state index contributed by atoms with van der Waals surface area (Å²) in [6, 6.07) is 12.7. The summed E-state index contributed by atoms with van der Waals surface area (Å²) in [7, 11) is 0. The zero-order valence-corrected chi connectivity index (χ0v) is 13.1. The molecule has 0 fully saturated rings. The fourth-order valence-corrected chi connectivity index (χ4v) is 3.59. The molecule has 2 heterocycles. The third kappa shape index (κ3) is 2.08. The van der Waals surface area contributed by atoms with Crippen molar-refractivity contribution in [3.8, 4) is 16.9 Å². The average Bonchev–Trinajstić information content (AvgIpc) is 2.90. The summed E-state index contributed by atoms with van der Waals surface area (Å²) in [6.45, 7) is 8.54. The Labute approximate surface area is 123 Å². The molecule has 1 aromatic carbocycles. The number of benzene rings is 1. The fraction of sp³-hybridized carbons (Fsp3) is 0.235. The molecule has 3 aromatic rings. The molecule has 2 aromatic heterocycles. The fourth-order valence-electron chi connectivity index (χ4n) is 2.76. The molecule has 3 heteroatoms. The monoisotopic (exact) mass is 282 g/mol. The molecule has 0 radical (unpaired) electrons. The molecule has 0 aliphatic carbocycles. The van der Waals surface area contributed by atoms with Crippen molar-refractivity contribution in [2.24, 2.45) is 0 Å². The number of rotatable bonds is 2. The molecule has 0 atom stereocenters. The summed E-state index contributed by atoms with van der Waals surface area (Å²) in [5, 5.41) is 1.13. The predicted molar refractivity (Wildman–Crippen MR) is 85.8 cm³/mol. The Morgan fingerprint density at radius 3 is 2.30 bits per heavy atom. The third-order valence-electron chi connectivity index (χ3n) is 3.60. The van der Waals surface area contributed by atoms with E-state index in [9.17, 15) is 0 Å². The molecule has 0 bridgehead atoms. The Morgan fingerprint density at radius 2 is 1.70 bits per heavy atom. The summed E-state index contributed by atoms with van der Waals surface area (Å²) >= 11 is 1.76. The summed E-state index contributed by atoms with van der Waals surface area (Å²) in [5.41, 5.74) is 6.07. The van der Waals surface area contributed by atoms with Gasteiger partial charge in [0.25, 0.3) is 0 Å². The molecular weight excluding hydrogens is 264 g/mol. The van der Waals surface area contributed by atoms with Crippen molar-refractivity contribution < 1.29 is 0 Å².